The Bertz CT molecular complexity index is 1250. The first-order chi connectivity index (χ1) is 18.5. The molecule has 0 heterocycles. The summed E-state index contributed by atoms with van der Waals surface area (Å²) >= 11 is 14.5. The molecule has 2 aliphatic rings. The molecular weight excluding hydrogens is 822 g/mol. The van der Waals surface area contributed by atoms with Crippen molar-refractivity contribution >= 4 is 71.5 Å². The number of phosphoric acid groups is 1. The number of ether oxygens (including phenoxy) is 2. The van der Waals surface area contributed by atoms with Gasteiger partial charge in [-0.05, 0) is 60.4 Å². The zero-order chi connectivity index (χ0) is 28.3. The molecule has 4 atom stereocenters. The van der Waals surface area contributed by atoms with Crippen molar-refractivity contribution in [1.29, 1.82) is 0 Å². The van der Waals surface area contributed by atoms with Gasteiger partial charge in [0.25, 0.3) is 7.82 Å². The van der Waals surface area contributed by atoms with Crippen molar-refractivity contribution in [3.05, 3.63) is 105 Å². The molecule has 4 rings (SSSR count). The molecular formula is C28H26Br4KO6P. The van der Waals surface area contributed by atoms with Gasteiger partial charge in [0.2, 0.25) is 0 Å². The second kappa shape index (κ2) is 15.1. The normalized spacial score (nSPS) is 27.2. The molecule has 0 spiro atoms. The molecule has 6 nitrogen and oxygen atoms in total. The van der Waals surface area contributed by atoms with Crippen molar-refractivity contribution in [2.45, 2.75) is 33.7 Å². The number of benzene rings is 2. The van der Waals surface area contributed by atoms with E-state index in [9.17, 15) is 9.46 Å². The maximum atomic E-state index is 13.5. The average molecular weight is 848 g/mol. The van der Waals surface area contributed by atoms with E-state index in [2.05, 4.69) is 63.7 Å². The van der Waals surface area contributed by atoms with Gasteiger partial charge in [-0.3, -0.25) is 4.57 Å². The van der Waals surface area contributed by atoms with E-state index in [1.54, 1.807) is 26.4 Å². The van der Waals surface area contributed by atoms with Gasteiger partial charge in [-0.2, -0.15) is 0 Å². The van der Waals surface area contributed by atoms with Gasteiger partial charge in [-0.15, -0.1) is 0 Å². The second-order valence-electron chi connectivity index (χ2n) is 9.14. The molecule has 2 aromatic rings. The van der Waals surface area contributed by atoms with Gasteiger partial charge in [0.05, 0.1) is 22.9 Å². The molecule has 2 aromatic carbocycles. The Kier molecular flexibility index (Phi) is 13.3. The standard InChI is InChI=1S/C28H27Br4O6P.K/c1-35-21-11-7-19(8-12-21)17-27(31)15-3-5-23(29)25(27)37-39(33,34)38-26-24(30)6-4-16-28(26,32)18-20-9-13-22(36-2)14-10-20;/h3-16,25-26H,17-18H2,1-2H3,(H,33,34);/q;+1/p-1. The van der Waals surface area contributed by atoms with Crippen molar-refractivity contribution in [3.8, 4) is 11.5 Å². The first-order valence-electron chi connectivity index (χ1n) is 11.9. The van der Waals surface area contributed by atoms with E-state index >= 15 is 0 Å². The predicted octanol–water partition coefficient (Wildman–Crippen LogP) is 4.70. The van der Waals surface area contributed by atoms with Crippen LogP contribution in [0.2, 0.25) is 0 Å². The quantitative estimate of drug-likeness (QED) is 0.196. The number of methoxy groups -OCH3 is 2. The number of rotatable bonds is 10. The number of hydrogen-bond acceptors (Lipinski definition) is 6. The van der Waals surface area contributed by atoms with Crippen LogP contribution in [0.25, 0.3) is 0 Å². The molecule has 0 saturated carbocycles. The van der Waals surface area contributed by atoms with E-state index in [0.717, 1.165) is 22.6 Å². The Labute approximate surface area is 311 Å². The minimum atomic E-state index is -4.86. The third kappa shape index (κ3) is 8.86. The third-order valence-electron chi connectivity index (χ3n) is 6.37. The number of phosphoric ester groups is 1. The molecule has 0 radical (unpaired) electrons. The fourth-order valence-corrected chi connectivity index (χ4v) is 9.69. The second-order valence-corrected chi connectivity index (χ2v) is 15.2. The molecule has 40 heavy (non-hydrogen) atoms. The Morgan fingerprint density at radius 3 is 1.43 bits per heavy atom. The Balaban J connectivity index is 0.00000441. The molecule has 208 valence electrons. The zero-order valence-electron chi connectivity index (χ0n) is 22.1. The van der Waals surface area contributed by atoms with E-state index in [0.29, 0.717) is 21.8 Å². The SMILES string of the molecule is COc1ccc(CC2(Br)C=CC=C(Br)C2OP(=O)([O-])OC2C(Br)=CC=CC2(Br)Cc2ccc(OC)cc2)cc1.[K+]. The van der Waals surface area contributed by atoms with Gasteiger partial charge in [-0.25, -0.2) is 0 Å². The van der Waals surface area contributed by atoms with E-state index in [-0.39, 0.29) is 51.4 Å². The van der Waals surface area contributed by atoms with Crippen LogP contribution in [0, 0.1) is 0 Å². The van der Waals surface area contributed by atoms with Crippen LogP contribution in [0.4, 0.5) is 0 Å². The Hall–Kier alpha value is 0.666. The molecule has 0 saturated heterocycles. The number of alkyl halides is 2. The summed E-state index contributed by atoms with van der Waals surface area (Å²) in [6.45, 7) is 0. The number of allylic oxidation sites excluding steroid dienone is 4. The minimum Gasteiger partial charge on any atom is -0.756 e. The largest absolute Gasteiger partial charge is 1.00 e. The van der Waals surface area contributed by atoms with Crippen LogP contribution < -0.4 is 65.8 Å². The summed E-state index contributed by atoms with van der Waals surface area (Å²) < 4.78 is 35.0. The van der Waals surface area contributed by atoms with Crippen molar-refractivity contribution in [2.24, 2.45) is 0 Å². The Morgan fingerprint density at radius 2 is 1.10 bits per heavy atom. The summed E-state index contributed by atoms with van der Waals surface area (Å²) in [7, 11) is -1.64. The molecule has 12 heteroatoms. The number of hydrogen-bond donors (Lipinski definition) is 0. The van der Waals surface area contributed by atoms with E-state index in [1.807, 2.05) is 72.8 Å². The van der Waals surface area contributed by atoms with Crippen LogP contribution >= 0.6 is 71.5 Å². The van der Waals surface area contributed by atoms with Crippen LogP contribution in [0.15, 0.2) is 94.0 Å². The van der Waals surface area contributed by atoms with E-state index < -0.39 is 28.7 Å². The molecule has 0 fully saturated rings. The first kappa shape index (κ1) is 35.1. The summed E-state index contributed by atoms with van der Waals surface area (Å²) in [6, 6.07) is 15.2. The predicted molar refractivity (Wildman–Crippen MR) is 166 cm³/mol. The van der Waals surface area contributed by atoms with Gasteiger partial charge in [0.15, 0.2) is 0 Å². The van der Waals surface area contributed by atoms with Crippen molar-refractivity contribution in [1.82, 2.24) is 0 Å². The van der Waals surface area contributed by atoms with Crippen molar-refractivity contribution < 1.29 is 79.4 Å². The topological polar surface area (TPSA) is 77.1 Å². The molecule has 0 N–H and O–H groups in total. The molecule has 2 aliphatic carbocycles. The maximum Gasteiger partial charge on any atom is 1.00 e. The van der Waals surface area contributed by atoms with Crippen LogP contribution in [0.5, 0.6) is 11.5 Å². The summed E-state index contributed by atoms with van der Waals surface area (Å²) in [5.41, 5.74) is 1.94. The fourth-order valence-electron chi connectivity index (χ4n) is 4.38. The van der Waals surface area contributed by atoms with E-state index in [4.69, 9.17) is 18.5 Å². The first-order valence-corrected chi connectivity index (χ1v) is 16.5. The maximum absolute atomic E-state index is 13.5. The fraction of sp³-hybridized carbons (Fsp3) is 0.286. The smallest absolute Gasteiger partial charge is 0.756 e. The molecule has 0 amide bonds. The molecule has 0 aliphatic heterocycles. The van der Waals surface area contributed by atoms with Gasteiger partial charge >= 0.3 is 51.4 Å². The van der Waals surface area contributed by atoms with Crippen molar-refractivity contribution in [2.75, 3.05) is 14.2 Å². The summed E-state index contributed by atoms with van der Waals surface area (Å²) in [5, 5.41) is 0. The zero-order valence-corrected chi connectivity index (χ0v) is 32.4. The molecule has 4 unspecified atom stereocenters. The van der Waals surface area contributed by atoms with Gasteiger partial charge in [0.1, 0.15) is 23.7 Å². The third-order valence-corrected chi connectivity index (χ3v) is 10.6. The van der Waals surface area contributed by atoms with Crippen LogP contribution in [0.1, 0.15) is 11.1 Å². The van der Waals surface area contributed by atoms with E-state index in [1.165, 1.54) is 0 Å². The van der Waals surface area contributed by atoms with Gasteiger partial charge in [-0.1, -0.05) is 112 Å². The van der Waals surface area contributed by atoms with Gasteiger partial charge < -0.3 is 23.4 Å². The molecule has 0 aromatic heterocycles. The van der Waals surface area contributed by atoms with Crippen molar-refractivity contribution in [3.63, 3.8) is 0 Å². The summed E-state index contributed by atoms with van der Waals surface area (Å²) in [4.78, 5) is 13.5. The number of halogens is 4. The van der Waals surface area contributed by atoms with Crippen LogP contribution in [0.3, 0.4) is 0 Å². The summed E-state index contributed by atoms with van der Waals surface area (Å²) in [6.07, 6.45) is 10.1. The minimum absolute atomic E-state index is 0. The Morgan fingerprint density at radius 1 is 0.750 bits per heavy atom. The van der Waals surface area contributed by atoms with Crippen LogP contribution in [-0.4, -0.2) is 35.1 Å². The van der Waals surface area contributed by atoms with Gasteiger partial charge in [0, 0.05) is 8.96 Å². The summed E-state index contributed by atoms with van der Waals surface area (Å²) in [5.74, 6) is 1.47. The monoisotopic (exact) mass is 844 g/mol. The molecule has 0 bridgehead atoms. The van der Waals surface area contributed by atoms with Crippen LogP contribution in [-0.2, 0) is 26.5 Å². The average Bonchev–Trinajstić information content (AvgIpc) is 2.90.